The predicted molar refractivity (Wildman–Crippen MR) is 67.5 cm³/mol. The van der Waals surface area contributed by atoms with Gasteiger partial charge in [0.2, 0.25) is 0 Å². The number of carbonyl (C=O) groups is 1. The van der Waals surface area contributed by atoms with Gasteiger partial charge in [-0.2, -0.15) is 0 Å². The minimum atomic E-state index is -0.356. The van der Waals surface area contributed by atoms with E-state index in [1.807, 2.05) is 20.8 Å². The Morgan fingerprint density at radius 1 is 1.29 bits per heavy atom. The van der Waals surface area contributed by atoms with E-state index in [0.29, 0.717) is 12.2 Å². The quantitative estimate of drug-likeness (QED) is 0.497. The maximum absolute atomic E-state index is 11.1. The fourth-order valence-corrected chi connectivity index (χ4v) is 1.86. The third-order valence-corrected chi connectivity index (χ3v) is 2.93. The van der Waals surface area contributed by atoms with Gasteiger partial charge in [-0.15, -0.1) is 6.58 Å². The Bertz CT molecular complexity index is 473. The molecule has 17 heavy (non-hydrogen) atoms. The molecule has 92 valence electrons. The summed E-state index contributed by atoms with van der Waals surface area (Å²) in [5, 5.41) is 10.1. The van der Waals surface area contributed by atoms with Gasteiger partial charge in [-0.1, -0.05) is 6.08 Å². The highest BCUT2D eigenvalue weighted by Crippen LogP contribution is 2.37. The molecular weight excluding hydrogens is 216 g/mol. The number of ether oxygens (including phenoxy) is 1. The number of aromatic hydroxyl groups is 1. The molecule has 0 saturated carbocycles. The first-order chi connectivity index (χ1) is 7.90. The van der Waals surface area contributed by atoms with Gasteiger partial charge in [-0.25, -0.2) is 0 Å². The number of carbonyl (C=O) groups excluding carboxylic acids is 1. The molecule has 1 aromatic carbocycles. The van der Waals surface area contributed by atoms with Crippen LogP contribution in [0.5, 0.6) is 11.5 Å². The van der Waals surface area contributed by atoms with E-state index in [1.165, 1.54) is 6.92 Å². The maximum Gasteiger partial charge on any atom is 0.308 e. The summed E-state index contributed by atoms with van der Waals surface area (Å²) < 4.78 is 5.21. The summed E-state index contributed by atoms with van der Waals surface area (Å²) in [6.07, 6.45) is 2.27. The van der Waals surface area contributed by atoms with Gasteiger partial charge in [-0.05, 0) is 43.9 Å². The number of hydrogen-bond acceptors (Lipinski definition) is 3. The minimum Gasteiger partial charge on any atom is -0.507 e. The smallest absolute Gasteiger partial charge is 0.308 e. The van der Waals surface area contributed by atoms with Gasteiger partial charge in [0, 0.05) is 12.5 Å². The normalized spacial score (nSPS) is 10.1. The molecule has 1 aromatic rings. The Balaban J connectivity index is 3.48. The lowest BCUT2D eigenvalue weighted by Crippen LogP contribution is -2.07. The molecule has 0 bridgehead atoms. The molecule has 0 aromatic heterocycles. The molecule has 0 aliphatic carbocycles. The Kier molecular flexibility index (Phi) is 3.94. The number of hydrogen-bond donors (Lipinski definition) is 1. The fraction of sp³-hybridized carbons (Fsp3) is 0.357. The zero-order chi connectivity index (χ0) is 13.2. The molecule has 0 amide bonds. The van der Waals surface area contributed by atoms with Crippen molar-refractivity contribution in [1.82, 2.24) is 0 Å². The van der Waals surface area contributed by atoms with E-state index in [4.69, 9.17) is 4.74 Å². The molecule has 3 nitrogen and oxygen atoms in total. The average molecular weight is 234 g/mol. The van der Waals surface area contributed by atoms with Crippen LogP contribution in [0.2, 0.25) is 0 Å². The van der Waals surface area contributed by atoms with Crippen LogP contribution in [0.4, 0.5) is 0 Å². The second-order valence-corrected chi connectivity index (χ2v) is 4.12. The van der Waals surface area contributed by atoms with Crippen LogP contribution >= 0.6 is 0 Å². The summed E-state index contributed by atoms with van der Waals surface area (Å²) in [7, 11) is 0. The molecule has 0 unspecified atom stereocenters. The number of phenolic OH excluding ortho intramolecular Hbond substituents is 1. The van der Waals surface area contributed by atoms with Crippen LogP contribution in [0.25, 0.3) is 0 Å². The summed E-state index contributed by atoms with van der Waals surface area (Å²) >= 11 is 0. The second-order valence-electron chi connectivity index (χ2n) is 4.12. The highest BCUT2D eigenvalue weighted by molar-refractivity contribution is 5.72. The lowest BCUT2D eigenvalue weighted by molar-refractivity contribution is -0.131. The molecule has 0 aliphatic rings. The molecule has 1 rings (SSSR count). The molecule has 0 atom stereocenters. The van der Waals surface area contributed by atoms with Crippen molar-refractivity contribution in [3.63, 3.8) is 0 Å². The fourth-order valence-electron chi connectivity index (χ4n) is 1.86. The van der Waals surface area contributed by atoms with Crippen LogP contribution < -0.4 is 4.74 Å². The molecule has 0 radical (unpaired) electrons. The van der Waals surface area contributed by atoms with E-state index in [2.05, 4.69) is 6.58 Å². The van der Waals surface area contributed by atoms with E-state index in [-0.39, 0.29) is 11.7 Å². The van der Waals surface area contributed by atoms with E-state index in [9.17, 15) is 9.90 Å². The van der Waals surface area contributed by atoms with Crippen LogP contribution in [0.15, 0.2) is 12.7 Å². The van der Waals surface area contributed by atoms with E-state index >= 15 is 0 Å². The number of esters is 1. The minimum absolute atomic E-state index is 0.260. The lowest BCUT2D eigenvalue weighted by Gasteiger charge is -2.17. The Morgan fingerprint density at radius 2 is 1.88 bits per heavy atom. The molecule has 0 saturated heterocycles. The summed E-state index contributed by atoms with van der Waals surface area (Å²) in [6.45, 7) is 10.5. The van der Waals surface area contributed by atoms with Crippen molar-refractivity contribution in [3.8, 4) is 11.5 Å². The van der Waals surface area contributed by atoms with Crippen molar-refractivity contribution < 1.29 is 14.6 Å². The van der Waals surface area contributed by atoms with Gasteiger partial charge in [0.05, 0.1) is 0 Å². The predicted octanol–water partition coefficient (Wildman–Crippen LogP) is 2.97. The molecule has 1 N–H and O–H groups in total. The number of benzene rings is 1. The average Bonchev–Trinajstić information content (AvgIpc) is 2.27. The topological polar surface area (TPSA) is 46.5 Å². The van der Waals surface area contributed by atoms with E-state index in [1.54, 1.807) is 6.08 Å². The molecule has 3 heteroatoms. The first-order valence-electron chi connectivity index (χ1n) is 5.51. The number of rotatable bonds is 3. The van der Waals surface area contributed by atoms with Gasteiger partial charge in [0.15, 0.2) is 0 Å². The summed E-state index contributed by atoms with van der Waals surface area (Å²) in [6, 6.07) is 0. The van der Waals surface area contributed by atoms with Gasteiger partial charge in [0.1, 0.15) is 11.5 Å². The van der Waals surface area contributed by atoms with Crippen molar-refractivity contribution in [3.05, 3.63) is 34.9 Å². The first kappa shape index (κ1) is 13.3. The van der Waals surface area contributed by atoms with Crippen LogP contribution in [0.1, 0.15) is 29.2 Å². The van der Waals surface area contributed by atoms with Crippen molar-refractivity contribution in [1.29, 1.82) is 0 Å². The molecule has 0 spiro atoms. The van der Waals surface area contributed by atoms with Gasteiger partial charge in [0.25, 0.3) is 0 Å². The van der Waals surface area contributed by atoms with E-state index < -0.39 is 0 Å². The van der Waals surface area contributed by atoms with Gasteiger partial charge >= 0.3 is 5.97 Å². The monoisotopic (exact) mass is 234 g/mol. The summed E-state index contributed by atoms with van der Waals surface area (Å²) in [4.78, 5) is 11.1. The lowest BCUT2D eigenvalue weighted by atomic mass is 9.95. The highest BCUT2D eigenvalue weighted by Gasteiger charge is 2.18. The molecular formula is C14H18O3. The SMILES string of the molecule is C=CCc1c(C)c(OC(C)=O)c(C)c(C)c1O. The number of allylic oxidation sites excluding steroid dienone is 1. The number of phenols is 1. The van der Waals surface area contributed by atoms with Crippen LogP contribution in [-0.4, -0.2) is 11.1 Å². The first-order valence-corrected chi connectivity index (χ1v) is 5.51. The van der Waals surface area contributed by atoms with Crippen LogP contribution in [0.3, 0.4) is 0 Å². The van der Waals surface area contributed by atoms with Crippen LogP contribution in [0, 0.1) is 20.8 Å². The van der Waals surface area contributed by atoms with Crippen molar-refractivity contribution in [2.45, 2.75) is 34.1 Å². The van der Waals surface area contributed by atoms with Crippen molar-refractivity contribution in [2.75, 3.05) is 0 Å². The molecule has 0 heterocycles. The zero-order valence-corrected chi connectivity index (χ0v) is 10.8. The molecule has 0 fully saturated rings. The summed E-state index contributed by atoms with van der Waals surface area (Å²) in [5.74, 6) is 0.450. The zero-order valence-electron chi connectivity index (χ0n) is 10.8. The van der Waals surface area contributed by atoms with Crippen molar-refractivity contribution >= 4 is 5.97 Å². The maximum atomic E-state index is 11.1. The van der Waals surface area contributed by atoms with Gasteiger partial charge < -0.3 is 9.84 Å². The Hall–Kier alpha value is -1.77. The Labute approximate surface area is 102 Å². The van der Waals surface area contributed by atoms with E-state index in [0.717, 1.165) is 22.3 Å². The third-order valence-electron chi connectivity index (χ3n) is 2.93. The van der Waals surface area contributed by atoms with Crippen LogP contribution in [-0.2, 0) is 11.2 Å². The standard InChI is InChI=1S/C14H18O3/c1-6-7-12-10(4)14(17-11(5)15)9(3)8(2)13(12)16/h6,16H,1,7H2,2-5H3. The third kappa shape index (κ3) is 2.49. The highest BCUT2D eigenvalue weighted by atomic mass is 16.5. The van der Waals surface area contributed by atoms with Gasteiger partial charge in [-0.3, -0.25) is 4.79 Å². The largest absolute Gasteiger partial charge is 0.507 e. The molecule has 0 aliphatic heterocycles. The second kappa shape index (κ2) is 5.04. The Morgan fingerprint density at radius 3 is 2.35 bits per heavy atom. The van der Waals surface area contributed by atoms with Crippen molar-refractivity contribution in [2.24, 2.45) is 0 Å². The summed E-state index contributed by atoms with van der Waals surface area (Å²) in [5.41, 5.74) is 3.09.